The summed E-state index contributed by atoms with van der Waals surface area (Å²) in [6, 6.07) is 10.6. The number of hydrogen-bond donors (Lipinski definition) is 1. The van der Waals surface area contributed by atoms with Crippen LogP contribution in [0.2, 0.25) is 0 Å². The monoisotopic (exact) mass is 271 g/mol. The molecular weight excluding hydrogens is 242 g/mol. The first-order valence-corrected chi connectivity index (χ1v) is 8.55. The van der Waals surface area contributed by atoms with E-state index in [4.69, 9.17) is 0 Å². The molecule has 20 heavy (non-hydrogen) atoms. The van der Waals surface area contributed by atoms with Crippen molar-refractivity contribution in [1.29, 1.82) is 0 Å². The fourth-order valence-electron chi connectivity index (χ4n) is 4.01. The molecule has 110 valence electrons. The van der Waals surface area contributed by atoms with Gasteiger partial charge in [-0.05, 0) is 56.9 Å². The molecule has 1 heteroatoms. The molecule has 1 aromatic rings. The summed E-state index contributed by atoms with van der Waals surface area (Å²) in [5.41, 5.74) is 2.91. The third-order valence-electron chi connectivity index (χ3n) is 5.54. The van der Waals surface area contributed by atoms with Crippen LogP contribution in [0.1, 0.15) is 68.9 Å². The van der Waals surface area contributed by atoms with Gasteiger partial charge in [-0.3, -0.25) is 0 Å². The summed E-state index contributed by atoms with van der Waals surface area (Å²) in [6.45, 7) is 4.58. The zero-order chi connectivity index (χ0) is 13.9. The van der Waals surface area contributed by atoms with Crippen LogP contribution < -0.4 is 5.32 Å². The lowest BCUT2D eigenvalue weighted by Gasteiger charge is -2.40. The summed E-state index contributed by atoms with van der Waals surface area (Å²) in [4.78, 5) is 0. The van der Waals surface area contributed by atoms with Crippen molar-refractivity contribution in [3.8, 4) is 0 Å². The summed E-state index contributed by atoms with van der Waals surface area (Å²) in [6.07, 6.45) is 9.92. The first kappa shape index (κ1) is 14.1. The Morgan fingerprint density at radius 1 is 1.00 bits per heavy atom. The number of nitrogens with one attached hydrogen (secondary N) is 1. The van der Waals surface area contributed by atoms with E-state index in [1.807, 2.05) is 0 Å². The van der Waals surface area contributed by atoms with Crippen LogP contribution in [0, 0.1) is 12.8 Å². The maximum atomic E-state index is 3.90. The topological polar surface area (TPSA) is 12.0 Å². The van der Waals surface area contributed by atoms with Gasteiger partial charge in [-0.1, -0.05) is 49.1 Å². The third kappa shape index (κ3) is 3.25. The van der Waals surface area contributed by atoms with Gasteiger partial charge in [0.2, 0.25) is 0 Å². The fourth-order valence-corrected chi connectivity index (χ4v) is 4.01. The van der Waals surface area contributed by atoms with E-state index in [0.717, 1.165) is 23.9 Å². The van der Waals surface area contributed by atoms with E-state index in [0.29, 0.717) is 0 Å². The number of aryl methyl sites for hydroxylation is 1. The van der Waals surface area contributed by atoms with Gasteiger partial charge >= 0.3 is 0 Å². The van der Waals surface area contributed by atoms with E-state index in [2.05, 4.69) is 43.4 Å². The van der Waals surface area contributed by atoms with Crippen molar-refractivity contribution >= 4 is 0 Å². The van der Waals surface area contributed by atoms with E-state index in [-0.39, 0.29) is 0 Å². The van der Waals surface area contributed by atoms with E-state index in [9.17, 15) is 0 Å². The van der Waals surface area contributed by atoms with Gasteiger partial charge in [0.15, 0.2) is 0 Å². The minimum Gasteiger partial charge on any atom is -0.311 e. The molecule has 0 bridgehead atoms. The predicted octanol–water partition coefficient (Wildman–Crippen LogP) is 4.80. The number of benzene rings is 1. The van der Waals surface area contributed by atoms with E-state index < -0.39 is 0 Å². The van der Waals surface area contributed by atoms with Crippen LogP contribution in [-0.4, -0.2) is 12.1 Å². The average molecular weight is 271 g/mol. The first-order valence-electron chi connectivity index (χ1n) is 8.55. The normalized spacial score (nSPS) is 28.9. The van der Waals surface area contributed by atoms with Gasteiger partial charge in [-0.15, -0.1) is 0 Å². The maximum Gasteiger partial charge on any atom is 0.00813 e. The predicted molar refractivity (Wildman–Crippen MR) is 86.1 cm³/mol. The lowest BCUT2D eigenvalue weighted by molar-refractivity contribution is 0.211. The van der Waals surface area contributed by atoms with E-state index >= 15 is 0 Å². The summed E-state index contributed by atoms with van der Waals surface area (Å²) in [5, 5.41) is 3.90. The second kappa shape index (κ2) is 6.30. The highest BCUT2D eigenvalue weighted by molar-refractivity contribution is 5.26. The van der Waals surface area contributed by atoms with E-state index in [1.165, 1.54) is 50.5 Å². The van der Waals surface area contributed by atoms with Gasteiger partial charge in [0, 0.05) is 12.1 Å². The van der Waals surface area contributed by atoms with Crippen LogP contribution in [0.5, 0.6) is 0 Å². The van der Waals surface area contributed by atoms with Gasteiger partial charge in [0.1, 0.15) is 0 Å². The Kier molecular flexibility index (Phi) is 4.45. The van der Waals surface area contributed by atoms with Crippen LogP contribution in [0.15, 0.2) is 24.3 Å². The smallest absolute Gasteiger partial charge is 0.00813 e. The van der Waals surface area contributed by atoms with Crippen molar-refractivity contribution in [1.82, 2.24) is 5.32 Å². The zero-order valence-corrected chi connectivity index (χ0v) is 13.1. The first-order chi connectivity index (χ1) is 9.72. The molecule has 1 nitrogen and oxygen atoms in total. The molecule has 3 rings (SSSR count). The lowest BCUT2D eigenvalue weighted by atomic mass is 9.74. The number of hydrogen-bond acceptors (Lipinski definition) is 1. The molecule has 2 aliphatic rings. The highest BCUT2D eigenvalue weighted by Crippen LogP contribution is 2.38. The molecule has 2 fully saturated rings. The van der Waals surface area contributed by atoms with Gasteiger partial charge in [-0.2, -0.15) is 0 Å². The molecule has 2 aliphatic carbocycles. The molecule has 0 aromatic heterocycles. The Morgan fingerprint density at radius 2 is 1.65 bits per heavy atom. The quantitative estimate of drug-likeness (QED) is 0.829. The largest absolute Gasteiger partial charge is 0.311 e. The molecule has 1 unspecified atom stereocenters. The summed E-state index contributed by atoms with van der Waals surface area (Å²) >= 11 is 0. The Labute approximate surface area is 124 Å². The second-order valence-electron chi connectivity index (χ2n) is 7.13. The van der Waals surface area contributed by atoms with Crippen molar-refractivity contribution in [2.45, 2.75) is 76.8 Å². The second-order valence-corrected chi connectivity index (χ2v) is 7.13. The summed E-state index contributed by atoms with van der Waals surface area (Å²) in [5.74, 6) is 1.73. The maximum absolute atomic E-state index is 3.90. The van der Waals surface area contributed by atoms with Crippen molar-refractivity contribution in [2.75, 3.05) is 0 Å². The SMILES string of the molecule is Cc1ccc(C2CC(NC(C)C3CCCCC3)C2)cc1. The van der Waals surface area contributed by atoms with Crippen molar-refractivity contribution < 1.29 is 0 Å². The Morgan fingerprint density at radius 3 is 2.30 bits per heavy atom. The van der Waals surface area contributed by atoms with Gasteiger partial charge in [0.05, 0.1) is 0 Å². The molecule has 1 N–H and O–H groups in total. The average Bonchev–Trinajstić information content (AvgIpc) is 2.44. The van der Waals surface area contributed by atoms with Crippen LogP contribution >= 0.6 is 0 Å². The molecule has 1 atom stereocenters. The molecule has 0 amide bonds. The van der Waals surface area contributed by atoms with Gasteiger partial charge in [-0.25, -0.2) is 0 Å². The Balaban J connectivity index is 1.44. The summed E-state index contributed by atoms with van der Waals surface area (Å²) < 4.78 is 0. The fraction of sp³-hybridized carbons (Fsp3) is 0.684. The zero-order valence-electron chi connectivity index (χ0n) is 13.1. The molecule has 0 aliphatic heterocycles. The van der Waals surface area contributed by atoms with Crippen LogP contribution in [-0.2, 0) is 0 Å². The molecule has 0 saturated heterocycles. The highest BCUT2D eigenvalue weighted by atomic mass is 15.0. The highest BCUT2D eigenvalue weighted by Gasteiger charge is 2.32. The molecule has 0 heterocycles. The molecule has 0 spiro atoms. The molecule has 0 radical (unpaired) electrons. The van der Waals surface area contributed by atoms with Crippen molar-refractivity contribution in [2.24, 2.45) is 5.92 Å². The van der Waals surface area contributed by atoms with Crippen LogP contribution in [0.4, 0.5) is 0 Å². The third-order valence-corrected chi connectivity index (χ3v) is 5.54. The van der Waals surface area contributed by atoms with Crippen LogP contribution in [0.25, 0.3) is 0 Å². The summed E-state index contributed by atoms with van der Waals surface area (Å²) in [7, 11) is 0. The lowest BCUT2D eigenvalue weighted by Crippen LogP contribution is -2.47. The van der Waals surface area contributed by atoms with Crippen LogP contribution in [0.3, 0.4) is 0 Å². The Hall–Kier alpha value is -0.820. The van der Waals surface area contributed by atoms with Gasteiger partial charge < -0.3 is 5.32 Å². The van der Waals surface area contributed by atoms with E-state index in [1.54, 1.807) is 5.56 Å². The van der Waals surface area contributed by atoms with Crippen molar-refractivity contribution in [3.05, 3.63) is 35.4 Å². The Bertz CT molecular complexity index is 410. The minimum atomic E-state index is 0.722. The van der Waals surface area contributed by atoms with Gasteiger partial charge in [0.25, 0.3) is 0 Å². The molecular formula is C19H29N. The molecule has 2 saturated carbocycles. The van der Waals surface area contributed by atoms with Crippen molar-refractivity contribution in [3.63, 3.8) is 0 Å². The molecule has 1 aromatic carbocycles. The minimum absolute atomic E-state index is 0.722. The standard InChI is InChI=1S/C19H29N/c1-14-8-10-17(11-9-14)18-12-19(13-18)20-15(2)16-6-4-3-5-7-16/h8-11,15-16,18-20H,3-7,12-13H2,1-2H3. The number of rotatable bonds is 4.